The number of ketones is 1. The number of hydrogen-bond acceptors (Lipinski definition) is 6. The van der Waals surface area contributed by atoms with Gasteiger partial charge in [-0.1, -0.05) is 111 Å². The van der Waals surface area contributed by atoms with E-state index in [0.29, 0.717) is 42.3 Å². The van der Waals surface area contributed by atoms with Gasteiger partial charge in [-0.2, -0.15) is 0 Å². The van der Waals surface area contributed by atoms with Gasteiger partial charge in [0.1, 0.15) is 25.9 Å². The number of hydrogen-bond donors (Lipinski definition) is 0. The lowest BCUT2D eigenvalue weighted by atomic mass is 9.85. The molecule has 0 unspecified atom stereocenters. The molecule has 1 aliphatic heterocycles. The lowest BCUT2D eigenvalue weighted by Gasteiger charge is -2.42. The van der Waals surface area contributed by atoms with Crippen LogP contribution in [0.5, 0.6) is 0 Å². The first kappa shape index (κ1) is 53.5. The van der Waals surface area contributed by atoms with Crippen LogP contribution in [-0.2, 0) is 27.6 Å². The minimum absolute atomic E-state index is 0.00840. The Hall–Kier alpha value is -0.552. The second kappa shape index (κ2) is 24.6. The number of cyclic esters (lactones) is 1. The van der Waals surface area contributed by atoms with Crippen molar-refractivity contribution >= 4 is 44.8 Å². The minimum atomic E-state index is -2.05. The highest BCUT2D eigenvalue weighted by molar-refractivity contribution is 6.90. The van der Waals surface area contributed by atoms with Crippen molar-refractivity contribution in [2.24, 2.45) is 5.92 Å². The van der Waals surface area contributed by atoms with E-state index in [1.165, 1.54) is 0 Å². The summed E-state index contributed by atoms with van der Waals surface area (Å²) in [6, 6.07) is 9.48. The Labute approximate surface area is 352 Å². The molecule has 0 aromatic heterocycles. The van der Waals surface area contributed by atoms with E-state index in [0.717, 1.165) is 67.2 Å². The lowest BCUT2D eigenvalue weighted by molar-refractivity contribution is -0.163. The van der Waals surface area contributed by atoms with Gasteiger partial charge < -0.3 is 18.0 Å². The van der Waals surface area contributed by atoms with Crippen molar-refractivity contribution in [2.45, 2.75) is 264 Å². The van der Waals surface area contributed by atoms with Crippen molar-refractivity contribution in [1.29, 1.82) is 0 Å². The largest absolute Gasteiger partial charge is 0.459 e. The first-order valence-electron chi connectivity index (χ1n) is 23.5. The Morgan fingerprint density at radius 1 is 0.679 bits per heavy atom. The number of rotatable bonds is 20. The summed E-state index contributed by atoms with van der Waals surface area (Å²) >= 11 is 0. The van der Waals surface area contributed by atoms with Crippen molar-refractivity contribution in [1.82, 2.24) is 0 Å². The molecular weight excluding hydrogens is 761 g/mol. The number of carbonyl (C=O) groups is 2. The van der Waals surface area contributed by atoms with Crippen LogP contribution < -0.4 is 0 Å². The zero-order valence-corrected chi connectivity index (χ0v) is 44.0. The Balaban J connectivity index is 3.87. The van der Waals surface area contributed by atoms with Gasteiger partial charge in [-0.25, -0.2) is 0 Å². The van der Waals surface area contributed by atoms with E-state index < -0.39 is 44.6 Å². The standard InChI is InChI=1S/C46H92O6Si4/c1-18-53(19-2,20-3)50-42-30-29-40(16)44(52-55(24-7,25-8)26-9)36-46(17,31-27-28-32-56(37(10)11,38(12)13)39(14)15)49-45(48)34-41(47)33-43(35-42)51-54(21-4,22-5)23-6/h37-40,42-44H,18-27,29-31,33-36H2,1-17H3/t40-,42+,43+,44+,46-/m1/s1. The van der Waals surface area contributed by atoms with E-state index in [1.807, 2.05) is 0 Å². The quantitative estimate of drug-likeness (QED) is 0.0526. The van der Waals surface area contributed by atoms with Gasteiger partial charge in [0, 0.05) is 25.4 Å². The van der Waals surface area contributed by atoms with Gasteiger partial charge in [0.05, 0.1) is 12.2 Å². The summed E-state index contributed by atoms with van der Waals surface area (Å²) in [5.41, 5.74) is 4.75. The summed E-state index contributed by atoms with van der Waals surface area (Å²) in [6.45, 7) is 39.1. The molecule has 328 valence electrons. The van der Waals surface area contributed by atoms with E-state index in [4.69, 9.17) is 18.0 Å². The Bertz CT molecular complexity index is 1170. The van der Waals surface area contributed by atoms with E-state index in [2.05, 4.69) is 129 Å². The molecule has 1 aliphatic rings. The fourth-order valence-corrected chi connectivity index (χ4v) is 24.2. The zero-order chi connectivity index (χ0) is 43.0. The van der Waals surface area contributed by atoms with Crippen LogP contribution in [0.1, 0.15) is 169 Å². The molecule has 0 aromatic carbocycles. The Morgan fingerprint density at radius 3 is 1.54 bits per heavy atom. The summed E-state index contributed by atoms with van der Waals surface area (Å²) in [6.07, 6.45) is 4.13. The van der Waals surface area contributed by atoms with Crippen LogP contribution in [0.3, 0.4) is 0 Å². The van der Waals surface area contributed by atoms with Gasteiger partial charge in [-0.3, -0.25) is 9.59 Å². The highest BCUT2D eigenvalue weighted by Gasteiger charge is 2.44. The smallest absolute Gasteiger partial charge is 0.313 e. The van der Waals surface area contributed by atoms with E-state index in [9.17, 15) is 9.59 Å². The minimum Gasteiger partial charge on any atom is -0.459 e. The van der Waals surface area contributed by atoms with Crippen molar-refractivity contribution in [2.75, 3.05) is 0 Å². The molecule has 1 rings (SSSR count). The van der Waals surface area contributed by atoms with Gasteiger partial charge in [-0.05, 0) is 110 Å². The number of Topliss-reactive ketones (excluding diaryl/α,β-unsaturated/α-hetero) is 1. The van der Waals surface area contributed by atoms with Gasteiger partial charge in [0.2, 0.25) is 0 Å². The van der Waals surface area contributed by atoms with Crippen molar-refractivity contribution < 1.29 is 27.6 Å². The molecule has 0 spiro atoms. The highest BCUT2D eigenvalue weighted by Crippen LogP contribution is 2.41. The summed E-state index contributed by atoms with van der Waals surface area (Å²) in [5, 5.41) is 0. The zero-order valence-electron chi connectivity index (χ0n) is 40.0. The average molecular weight is 854 g/mol. The van der Waals surface area contributed by atoms with E-state index in [-0.39, 0.29) is 42.9 Å². The Kier molecular flexibility index (Phi) is 23.5. The third-order valence-corrected chi connectivity index (χ3v) is 35.3. The van der Waals surface area contributed by atoms with Crippen molar-refractivity contribution in [3.8, 4) is 11.5 Å². The van der Waals surface area contributed by atoms with E-state index >= 15 is 0 Å². The molecule has 0 aliphatic carbocycles. The fourth-order valence-electron chi connectivity index (χ4n) is 10.1. The topological polar surface area (TPSA) is 71.1 Å². The third kappa shape index (κ3) is 14.9. The molecule has 0 radical (unpaired) electrons. The number of esters is 1. The first-order chi connectivity index (χ1) is 26.2. The van der Waals surface area contributed by atoms with Gasteiger partial charge in [0.25, 0.3) is 0 Å². The summed E-state index contributed by atoms with van der Waals surface area (Å²) < 4.78 is 28.5. The van der Waals surface area contributed by atoms with Crippen molar-refractivity contribution in [3.63, 3.8) is 0 Å². The van der Waals surface area contributed by atoms with Crippen LogP contribution in [-0.4, -0.2) is 68.7 Å². The van der Waals surface area contributed by atoms with Crippen LogP contribution >= 0.6 is 0 Å². The molecule has 1 fully saturated rings. The number of carbonyl (C=O) groups excluding carboxylic acids is 2. The van der Waals surface area contributed by atoms with Gasteiger partial charge in [-0.15, -0.1) is 11.5 Å². The second-order valence-corrected chi connectivity index (χ2v) is 38.7. The molecule has 5 atom stereocenters. The molecule has 1 heterocycles. The summed E-state index contributed by atoms with van der Waals surface area (Å²) in [7, 11) is -7.95. The molecule has 0 amide bonds. The molecule has 10 heteroatoms. The maximum Gasteiger partial charge on any atom is 0.313 e. The maximum absolute atomic E-state index is 14.0. The highest BCUT2D eigenvalue weighted by atomic mass is 28.4. The SMILES string of the molecule is CC[Si](CC)(CC)O[C@H]1CC[C@@H](C)[C@@H](O[Si](CC)(CC)CC)C[C@@](C)(CCC#C[Si](C(C)C)(C(C)C)C(C)C)OC(=O)CC(=O)C[C@H](O[Si](CC)(CC)CC)C1. The second-order valence-electron chi connectivity index (χ2n) is 18.9. The monoisotopic (exact) mass is 853 g/mol. The van der Waals surface area contributed by atoms with Crippen molar-refractivity contribution in [3.05, 3.63) is 0 Å². The van der Waals surface area contributed by atoms with Crippen LogP contribution in [0.25, 0.3) is 0 Å². The maximum atomic E-state index is 14.0. The molecule has 6 nitrogen and oxygen atoms in total. The normalized spacial score (nSPS) is 24.3. The molecular formula is C46H92O6Si4. The lowest BCUT2D eigenvalue weighted by Crippen LogP contribution is -2.47. The summed E-state index contributed by atoms with van der Waals surface area (Å²) in [5.74, 6) is 3.38. The van der Waals surface area contributed by atoms with Gasteiger partial charge in [0.15, 0.2) is 25.0 Å². The first-order valence-corrected chi connectivity index (χ1v) is 33.3. The van der Waals surface area contributed by atoms with Gasteiger partial charge >= 0.3 is 5.97 Å². The molecule has 0 saturated carbocycles. The Morgan fingerprint density at radius 2 is 1.11 bits per heavy atom. The van der Waals surface area contributed by atoms with E-state index in [1.54, 1.807) is 0 Å². The molecule has 1 saturated heterocycles. The van der Waals surface area contributed by atoms with Crippen LogP contribution in [0.2, 0.25) is 71.0 Å². The number of ether oxygens (including phenoxy) is 1. The molecule has 0 N–H and O–H groups in total. The molecule has 0 aromatic rings. The van der Waals surface area contributed by atoms with Crippen LogP contribution in [0.15, 0.2) is 0 Å². The predicted molar refractivity (Wildman–Crippen MR) is 251 cm³/mol. The molecule has 56 heavy (non-hydrogen) atoms. The average Bonchev–Trinajstić information content (AvgIpc) is 3.15. The predicted octanol–water partition coefficient (Wildman–Crippen LogP) is 14.0. The van der Waals surface area contributed by atoms with Crippen LogP contribution in [0, 0.1) is 17.4 Å². The summed E-state index contributed by atoms with van der Waals surface area (Å²) in [4.78, 5) is 27.9. The van der Waals surface area contributed by atoms with Crippen LogP contribution in [0.4, 0.5) is 0 Å². The third-order valence-electron chi connectivity index (χ3n) is 14.9. The molecule has 0 bridgehead atoms. The fraction of sp³-hybridized carbons (Fsp3) is 0.913.